The number of benzene rings is 2. The molecule has 2 heterocycles. The Bertz CT molecular complexity index is 1350. The molecule has 185 valence electrons. The quantitative estimate of drug-likeness (QED) is 0.106. The molecule has 35 heavy (non-hydrogen) atoms. The summed E-state index contributed by atoms with van der Waals surface area (Å²) in [7, 11) is 0. The van der Waals surface area contributed by atoms with Crippen LogP contribution in [0.25, 0.3) is 30.9 Å². The van der Waals surface area contributed by atoms with E-state index in [1.807, 2.05) is 18.3 Å². The summed E-state index contributed by atoms with van der Waals surface area (Å²) in [6, 6.07) is 19.0. The van der Waals surface area contributed by atoms with Crippen LogP contribution >= 0.6 is 0 Å². The van der Waals surface area contributed by atoms with Crippen LogP contribution in [0, 0.1) is 18.8 Å². The van der Waals surface area contributed by atoms with Crippen LogP contribution in [-0.2, 0) is 30.3 Å². The zero-order chi connectivity index (χ0) is 25.0. The van der Waals surface area contributed by atoms with Gasteiger partial charge in [-0.25, -0.2) is 0 Å². The maximum Gasteiger partial charge on any atom is 0 e. The Morgan fingerprint density at radius 3 is 2.29 bits per heavy atom. The Morgan fingerprint density at radius 2 is 1.74 bits per heavy atom. The van der Waals surface area contributed by atoms with E-state index in [0.717, 1.165) is 22.4 Å². The van der Waals surface area contributed by atoms with E-state index in [1.54, 1.807) is 0 Å². The van der Waals surface area contributed by atoms with Gasteiger partial charge in [-0.2, -0.15) is 0 Å². The fourth-order valence-electron chi connectivity index (χ4n) is 3.42. The molecule has 0 aliphatic rings. The second-order valence-corrected chi connectivity index (χ2v) is 11.6. The fraction of sp³-hybridized carbons (Fsp3) is 0.241. The Hall–Kier alpha value is -2.36. The first-order valence-electron chi connectivity index (χ1n) is 11.0. The Morgan fingerprint density at radius 1 is 1.09 bits per heavy atom. The Labute approximate surface area is 226 Å². The second kappa shape index (κ2) is 12.1. The molecule has 0 aliphatic carbocycles. The number of aliphatic hydroxyl groups excluding tert-OH is 1. The number of hydrogen-bond donors (Lipinski definition) is 1. The van der Waals surface area contributed by atoms with Gasteiger partial charge < -0.3 is 5.11 Å². The van der Waals surface area contributed by atoms with Crippen LogP contribution in [0.3, 0.4) is 0 Å². The number of carbonyl (C=O) groups excluding carboxylic acids is 1. The van der Waals surface area contributed by atoms with Crippen LogP contribution in [0.1, 0.15) is 45.7 Å². The third-order valence-electron chi connectivity index (χ3n) is 5.09. The number of rotatable bonds is 3. The minimum absolute atomic E-state index is 0. The summed E-state index contributed by atoms with van der Waals surface area (Å²) >= 11 is 0.196. The molecule has 0 atom stereocenters. The standard InChI is InChI=1S/C24H21FNSe.C5H8O2.Ir/c1-15-9-17(11-19(10-15)24(2,3)4)21-13-23-18(14-26-21)12-22(27-23)16-5-7-20(25)8-6-16;1-4(6)3-5(2)7;/h5-8,10-14H,1-4H3;3,6H,1-2H3;/q-1;;/b;4-3-;. The van der Waals surface area contributed by atoms with E-state index in [4.69, 9.17) is 10.1 Å². The zero-order valence-electron chi connectivity index (χ0n) is 20.7. The van der Waals surface area contributed by atoms with E-state index in [9.17, 15) is 9.18 Å². The number of aromatic nitrogens is 1. The van der Waals surface area contributed by atoms with E-state index in [2.05, 4.69) is 58.0 Å². The van der Waals surface area contributed by atoms with Crippen molar-refractivity contribution in [3.63, 3.8) is 0 Å². The molecular weight excluding hydrogens is 684 g/mol. The van der Waals surface area contributed by atoms with Crippen LogP contribution in [0.2, 0.25) is 0 Å². The maximum atomic E-state index is 13.2. The van der Waals surface area contributed by atoms with Gasteiger partial charge in [-0.05, 0) is 13.8 Å². The van der Waals surface area contributed by atoms with Gasteiger partial charge in [-0.15, -0.1) is 0 Å². The average Bonchev–Trinajstić information content (AvgIpc) is 3.16. The van der Waals surface area contributed by atoms with Crippen molar-refractivity contribution in [2.45, 2.75) is 47.0 Å². The van der Waals surface area contributed by atoms with Crippen LogP contribution in [-0.4, -0.2) is 30.4 Å². The molecule has 0 amide bonds. The number of carbonyl (C=O) groups is 1. The van der Waals surface area contributed by atoms with E-state index in [-0.39, 0.29) is 57.4 Å². The van der Waals surface area contributed by atoms with Gasteiger partial charge in [0.2, 0.25) is 0 Å². The van der Waals surface area contributed by atoms with Crippen molar-refractivity contribution >= 4 is 29.9 Å². The molecule has 2 aromatic heterocycles. The summed E-state index contributed by atoms with van der Waals surface area (Å²) in [5.41, 5.74) is 5.63. The number of ketones is 1. The molecule has 1 N–H and O–H groups in total. The van der Waals surface area contributed by atoms with Gasteiger partial charge in [0, 0.05) is 26.2 Å². The minimum atomic E-state index is -0.198. The van der Waals surface area contributed by atoms with Crippen molar-refractivity contribution in [1.82, 2.24) is 4.98 Å². The Kier molecular flexibility index (Phi) is 9.94. The van der Waals surface area contributed by atoms with Gasteiger partial charge in [-0.3, -0.25) is 4.79 Å². The van der Waals surface area contributed by atoms with Crippen LogP contribution in [0.15, 0.2) is 66.6 Å². The summed E-state index contributed by atoms with van der Waals surface area (Å²) in [5, 5.41) is 9.53. The summed E-state index contributed by atoms with van der Waals surface area (Å²) < 4.78 is 15.8. The molecule has 0 aliphatic heterocycles. The third kappa shape index (κ3) is 8.08. The minimum Gasteiger partial charge on any atom is 0 e. The van der Waals surface area contributed by atoms with Crippen molar-refractivity contribution in [2.24, 2.45) is 0 Å². The van der Waals surface area contributed by atoms with Crippen LogP contribution < -0.4 is 0 Å². The topological polar surface area (TPSA) is 50.2 Å². The number of allylic oxidation sites excluding steroid dienone is 2. The molecule has 2 aromatic carbocycles. The number of aliphatic hydroxyl groups is 1. The van der Waals surface area contributed by atoms with E-state index in [0.29, 0.717) is 0 Å². The van der Waals surface area contributed by atoms with Crippen molar-refractivity contribution in [1.29, 1.82) is 0 Å². The van der Waals surface area contributed by atoms with Crippen LogP contribution in [0.5, 0.6) is 0 Å². The maximum absolute atomic E-state index is 13.2. The summed E-state index contributed by atoms with van der Waals surface area (Å²) in [4.78, 5) is 14.7. The van der Waals surface area contributed by atoms with Gasteiger partial charge in [0.1, 0.15) is 0 Å². The first kappa shape index (κ1) is 28.9. The van der Waals surface area contributed by atoms with Crippen molar-refractivity contribution in [3.05, 3.63) is 89.6 Å². The summed E-state index contributed by atoms with van der Waals surface area (Å²) in [6.07, 6.45) is 3.12. The van der Waals surface area contributed by atoms with E-state index < -0.39 is 0 Å². The predicted octanol–water partition coefficient (Wildman–Crippen LogP) is 7.21. The first-order valence-corrected chi connectivity index (χ1v) is 12.7. The fourth-order valence-corrected chi connectivity index (χ4v) is 5.68. The molecule has 4 aromatic rings. The normalized spacial score (nSPS) is 11.5. The SMILES string of the molecule is CC(=O)/C=C(/C)O.Cc1[c-]c(-c2cc3[se]c(-c4ccc(F)cc4)cc3cn2)cc(C(C)(C)C)c1.[Ir]. The second-order valence-electron chi connectivity index (χ2n) is 9.34. The van der Waals surface area contributed by atoms with Crippen LogP contribution in [0.4, 0.5) is 4.39 Å². The largest absolute Gasteiger partial charge is 0 e. The molecular formula is C29H29FIrNO2Se-. The molecule has 0 saturated heterocycles. The molecule has 0 unspecified atom stereocenters. The average molecular weight is 714 g/mol. The molecule has 6 heteroatoms. The number of fused-ring (bicyclic) bond motifs is 1. The number of halogens is 1. The van der Waals surface area contributed by atoms with Crippen molar-refractivity contribution in [3.8, 4) is 21.3 Å². The number of nitrogens with zero attached hydrogens (tertiary/aromatic N) is 1. The molecule has 3 nitrogen and oxygen atoms in total. The molecule has 0 fully saturated rings. The van der Waals surface area contributed by atoms with Gasteiger partial charge >= 0.3 is 166 Å². The van der Waals surface area contributed by atoms with Crippen molar-refractivity contribution < 1.29 is 34.4 Å². The molecule has 0 saturated carbocycles. The first-order chi connectivity index (χ1) is 15.9. The third-order valence-corrected chi connectivity index (χ3v) is 7.49. The molecule has 0 bridgehead atoms. The number of aryl methyl sites for hydroxylation is 1. The summed E-state index contributed by atoms with van der Waals surface area (Å²) in [5.74, 6) is -0.261. The van der Waals surface area contributed by atoms with Gasteiger partial charge in [-0.1, -0.05) is 0 Å². The van der Waals surface area contributed by atoms with E-state index in [1.165, 1.54) is 51.7 Å². The predicted molar refractivity (Wildman–Crippen MR) is 139 cm³/mol. The Balaban J connectivity index is 0.000000476. The van der Waals surface area contributed by atoms with Gasteiger partial charge in [0.25, 0.3) is 0 Å². The number of hydrogen-bond acceptors (Lipinski definition) is 3. The number of pyridine rings is 1. The van der Waals surface area contributed by atoms with Crippen molar-refractivity contribution in [2.75, 3.05) is 0 Å². The zero-order valence-corrected chi connectivity index (χ0v) is 24.8. The van der Waals surface area contributed by atoms with Gasteiger partial charge in [0.15, 0.2) is 5.78 Å². The molecule has 1 radical (unpaired) electrons. The smallest absolute Gasteiger partial charge is 0 e. The van der Waals surface area contributed by atoms with E-state index >= 15 is 0 Å². The monoisotopic (exact) mass is 715 g/mol. The molecule has 0 spiro atoms. The summed E-state index contributed by atoms with van der Waals surface area (Å²) in [6.45, 7) is 11.6. The molecule has 4 rings (SSSR count). The van der Waals surface area contributed by atoms with Gasteiger partial charge in [0.05, 0.1) is 5.76 Å².